The lowest BCUT2D eigenvalue weighted by Crippen LogP contribution is -2.19. The zero-order chi connectivity index (χ0) is 20.5. The molecule has 1 fully saturated rings. The van der Waals surface area contributed by atoms with Gasteiger partial charge in [0.2, 0.25) is 0 Å². The average Bonchev–Trinajstić information content (AvgIpc) is 3.17. The summed E-state index contributed by atoms with van der Waals surface area (Å²) in [7, 11) is 0. The van der Waals surface area contributed by atoms with Crippen LogP contribution < -0.4 is 5.32 Å². The Labute approximate surface area is 182 Å². The lowest BCUT2D eigenvalue weighted by Gasteiger charge is -2.08. The van der Waals surface area contributed by atoms with Crippen molar-refractivity contribution in [2.45, 2.75) is 20.8 Å². The third-order valence-electron chi connectivity index (χ3n) is 4.69. The quantitative estimate of drug-likeness (QED) is 0.521. The zero-order valence-electron chi connectivity index (χ0n) is 16.2. The van der Waals surface area contributed by atoms with E-state index in [0.29, 0.717) is 10.1 Å². The van der Waals surface area contributed by atoms with Crippen LogP contribution in [0.15, 0.2) is 63.2 Å². The van der Waals surface area contributed by atoms with Crippen molar-refractivity contribution < 1.29 is 4.79 Å². The molecule has 1 aliphatic rings. The van der Waals surface area contributed by atoms with Crippen LogP contribution in [0.4, 0.5) is 5.69 Å². The maximum atomic E-state index is 12.5. The topological polar surface area (TPSA) is 59.3 Å². The van der Waals surface area contributed by atoms with E-state index < -0.39 is 0 Å². The molecule has 7 heteroatoms. The lowest BCUT2D eigenvalue weighted by molar-refractivity contribution is -0.115. The molecule has 1 N–H and O–H groups in total. The van der Waals surface area contributed by atoms with Crippen LogP contribution in [0.5, 0.6) is 0 Å². The molecule has 0 radical (unpaired) electrons. The number of halogens is 1. The number of aromatic nitrogens is 2. The van der Waals surface area contributed by atoms with Gasteiger partial charge in [-0.25, -0.2) is 4.99 Å². The molecular formula is C22H19BrN4OS. The monoisotopic (exact) mass is 466 g/mol. The molecule has 146 valence electrons. The SMILES string of the molecule is Cc1cc(Br)ccc1N=C1NC(=O)/C(=C/c2cc(C)n(-c3cccnc3)c2C)S1. The Kier molecular flexibility index (Phi) is 5.43. The minimum atomic E-state index is -0.130. The number of hydrogen-bond donors (Lipinski definition) is 1. The molecular weight excluding hydrogens is 448 g/mol. The highest BCUT2D eigenvalue weighted by Crippen LogP contribution is 2.31. The van der Waals surface area contributed by atoms with Crippen LogP contribution in [0.2, 0.25) is 0 Å². The molecule has 0 saturated carbocycles. The van der Waals surface area contributed by atoms with Gasteiger partial charge in [-0.3, -0.25) is 9.78 Å². The van der Waals surface area contributed by atoms with Crippen LogP contribution in [0.25, 0.3) is 11.8 Å². The second-order valence-electron chi connectivity index (χ2n) is 6.79. The van der Waals surface area contributed by atoms with E-state index in [0.717, 1.165) is 38.4 Å². The minimum Gasteiger partial charge on any atom is -0.316 e. The fourth-order valence-corrected chi connectivity index (χ4v) is 4.59. The number of rotatable bonds is 3. The number of nitrogens with one attached hydrogen (secondary N) is 1. The largest absolute Gasteiger partial charge is 0.316 e. The molecule has 0 atom stereocenters. The van der Waals surface area contributed by atoms with Crippen molar-refractivity contribution in [1.29, 1.82) is 0 Å². The fraction of sp³-hybridized carbons (Fsp3) is 0.136. The van der Waals surface area contributed by atoms with Crippen molar-refractivity contribution in [2.75, 3.05) is 0 Å². The zero-order valence-corrected chi connectivity index (χ0v) is 18.6. The van der Waals surface area contributed by atoms with Crippen molar-refractivity contribution in [3.8, 4) is 5.69 Å². The van der Waals surface area contributed by atoms with Gasteiger partial charge in [-0.1, -0.05) is 15.9 Å². The number of carbonyl (C=O) groups excluding carboxylic acids is 1. The number of thioether (sulfide) groups is 1. The van der Waals surface area contributed by atoms with E-state index >= 15 is 0 Å². The molecule has 0 aliphatic carbocycles. The fourth-order valence-electron chi connectivity index (χ4n) is 3.29. The van der Waals surface area contributed by atoms with Gasteiger partial charge in [-0.15, -0.1) is 0 Å². The van der Waals surface area contributed by atoms with Crippen molar-refractivity contribution >= 4 is 50.5 Å². The second-order valence-corrected chi connectivity index (χ2v) is 8.73. The van der Waals surface area contributed by atoms with Crippen LogP contribution in [-0.4, -0.2) is 20.6 Å². The first kappa shape index (κ1) is 19.7. The van der Waals surface area contributed by atoms with Gasteiger partial charge < -0.3 is 9.88 Å². The van der Waals surface area contributed by atoms with Crippen molar-refractivity contribution in [3.63, 3.8) is 0 Å². The number of amides is 1. The third kappa shape index (κ3) is 4.06. The highest BCUT2D eigenvalue weighted by Gasteiger charge is 2.24. The Morgan fingerprint density at radius 1 is 1.21 bits per heavy atom. The number of carbonyl (C=O) groups is 1. The maximum absolute atomic E-state index is 12.5. The second kappa shape index (κ2) is 8.00. The Hall–Kier alpha value is -2.64. The van der Waals surface area contributed by atoms with E-state index in [4.69, 9.17) is 0 Å². The third-order valence-corrected chi connectivity index (χ3v) is 6.10. The summed E-state index contributed by atoms with van der Waals surface area (Å²) in [4.78, 5) is 21.9. The first-order chi connectivity index (χ1) is 13.9. The number of nitrogens with zero attached hydrogens (tertiary/aromatic N) is 3. The van der Waals surface area contributed by atoms with E-state index in [1.165, 1.54) is 11.8 Å². The normalized spacial score (nSPS) is 16.6. The van der Waals surface area contributed by atoms with Crippen molar-refractivity contribution in [2.24, 2.45) is 4.99 Å². The van der Waals surface area contributed by atoms with E-state index in [1.807, 2.05) is 63.4 Å². The number of aliphatic imine (C=N–C) groups is 1. The highest BCUT2D eigenvalue weighted by molar-refractivity contribution is 9.10. The Morgan fingerprint density at radius 2 is 2.03 bits per heavy atom. The predicted octanol–water partition coefficient (Wildman–Crippen LogP) is 5.45. The van der Waals surface area contributed by atoms with E-state index in [9.17, 15) is 4.79 Å². The Bertz CT molecular complexity index is 1170. The van der Waals surface area contributed by atoms with Gasteiger partial charge in [0.1, 0.15) is 0 Å². The van der Waals surface area contributed by atoms with E-state index in [1.54, 1.807) is 6.20 Å². The van der Waals surface area contributed by atoms with E-state index in [-0.39, 0.29) is 5.91 Å². The molecule has 3 heterocycles. The van der Waals surface area contributed by atoms with E-state index in [2.05, 4.69) is 41.9 Å². The summed E-state index contributed by atoms with van der Waals surface area (Å²) in [6.07, 6.45) is 5.51. The molecule has 4 rings (SSSR count). The minimum absolute atomic E-state index is 0.130. The van der Waals surface area contributed by atoms with Crippen LogP contribution in [0.3, 0.4) is 0 Å². The molecule has 0 unspecified atom stereocenters. The maximum Gasteiger partial charge on any atom is 0.264 e. The van der Waals surface area contributed by atoms with Gasteiger partial charge in [-0.2, -0.15) is 0 Å². The molecule has 5 nitrogen and oxygen atoms in total. The summed E-state index contributed by atoms with van der Waals surface area (Å²) in [5.74, 6) is -0.130. The van der Waals surface area contributed by atoms with Crippen LogP contribution in [0.1, 0.15) is 22.5 Å². The van der Waals surface area contributed by atoms with Gasteiger partial charge in [0.15, 0.2) is 5.17 Å². The number of benzene rings is 1. The summed E-state index contributed by atoms with van der Waals surface area (Å²) in [5.41, 5.74) is 6.04. The summed E-state index contributed by atoms with van der Waals surface area (Å²) in [6, 6.07) is 11.9. The molecule has 1 saturated heterocycles. The number of hydrogen-bond acceptors (Lipinski definition) is 4. The number of aryl methyl sites for hydroxylation is 2. The molecule has 29 heavy (non-hydrogen) atoms. The standard InChI is InChI=1S/C22H19BrN4OS/c1-13-9-17(23)6-7-19(13)25-22-26-21(28)20(29-22)11-16-10-14(2)27(15(16)3)18-5-4-8-24-12-18/h4-12H,1-3H3,(H,25,26,28)/b20-11-. The smallest absolute Gasteiger partial charge is 0.264 e. The molecule has 1 aromatic carbocycles. The van der Waals surface area contributed by atoms with Crippen molar-refractivity contribution in [3.05, 3.63) is 80.7 Å². The van der Waals surface area contributed by atoms with Crippen LogP contribution in [0, 0.1) is 20.8 Å². The van der Waals surface area contributed by atoms with Gasteiger partial charge >= 0.3 is 0 Å². The molecule has 3 aromatic rings. The van der Waals surface area contributed by atoms with Gasteiger partial charge in [0.25, 0.3) is 5.91 Å². The first-order valence-electron chi connectivity index (χ1n) is 9.07. The summed E-state index contributed by atoms with van der Waals surface area (Å²) >= 11 is 4.82. The molecule has 1 amide bonds. The molecule has 1 aliphatic heterocycles. The van der Waals surface area contributed by atoms with Crippen LogP contribution >= 0.6 is 27.7 Å². The molecule has 0 spiro atoms. The molecule has 0 bridgehead atoms. The Balaban J connectivity index is 1.64. The van der Waals surface area contributed by atoms with Gasteiger partial charge in [-0.05, 0) is 86.1 Å². The van der Waals surface area contributed by atoms with Crippen LogP contribution in [-0.2, 0) is 4.79 Å². The first-order valence-corrected chi connectivity index (χ1v) is 10.7. The predicted molar refractivity (Wildman–Crippen MR) is 123 cm³/mol. The average molecular weight is 467 g/mol. The van der Waals surface area contributed by atoms with Gasteiger partial charge in [0, 0.05) is 22.1 Å². The Morgan fingerprint density at radius 3 is 2.76 bits per heavy atom. The highest BCUT2D eigenvalue weighted by atomic mass is 79.9. The van der Waals surface area contributed by atoms with Gasteiger partial charge in [0.05, 0.1) is 22.5 Å². The summed E-state index contributed by atoms with van der Waals surface area (Å²) < 4.78 is 3.14. The lowest BCUT2D eigenvalue weighted by atomic mass is 10.2. The number of amidine groups is 1. The molecule has 2 aromatic heterocycles. The summed E-state index contributed by atoms with van der Waals surface area (Å²) in [6.45, 7) is 6.09. The number of pyridine rings is 1. The van der Waals surface area contributed by atoms with Crippen molar-refractivity contribution in [1.82, 2.24) is 14.9 Å². The summed E-state index contributed by atoms with van der Waals surface area (Å²) in [5, 5.41) is 3.45.